The van der Waals surface area contributed by atoms with E-state index in [0.717, 1.165) is 39.3 Å². The summed E-state index contributed by atoms with van der Waals surface area (Å²) in [6, 6.07) is 0.356. The second kappa shape index (κ2) is 10.8. The fraction of sp³-hybridized carbons (Fsp3) is 0.714. The molecular formula is C21H33ClFN9O2. The Labute approximate surface area is 203 Å². The van der Waals surface area contributed by atoms with Gasteiger partial charge < -0.3 is 20.9 Å². The van der Waals surface area contributed by atoms with Crippen molar-refractivity contribution in [1.29, 1.82) is 0 Å². The van der Waals surface area contributed by atoms with Gasteiger partial charge in [-0.1, -0.05) is 16.8 Å². The minimum atomic E-state index is -1.31. The predicted molar refractivity (Wildman–Crippen MR) is 130 cm³/mol. The van der Waals surface area contributed by atoms with Crippen LogP contribution in [0.25, 0.3) is 0 Å². The number of amides is 1. The van der Waals surface area contributed by atoms with Gasteiger partial charge in [0.15, 0.2) is 6.17 Å². The molecule has 4 N–H and O–H groups in total. The Balaban J connectivity index is 1.55. The van der Waals surface area contributed by atoms with Crippen LogP contribution in [0.15, 0.2) is 17.6 Å². The molecule has 13 heteroatoms. The van der Waals surface area contributed by atoms with Crippen molar-refractivity contribution >= 4 is 28.9 Å². The molecule has 3 aliphatic heterocycles. The molecule has 1 aromatic heterocycles. The van der Waals surface area contributed by atoms with Gasteiger partial charge >= 0.3 is 0 Å². The van der Waals surface area contributed by atoms with Gasteiger partial charge in [0.05, 0.1) is 28.8 Å². The number of halogens is 2. The first-order valence-electron chi connectivity index (χ1n) is 11.6. The van der Waals surface area contributed by atoms with E-state index < -0.39 is 30.3 Å². The first-order chi connectivity index (χ1) is 16.3. The quantitative estimate of drug-likeness (QED) is 0.465. The van der Waals surface area contributed by atoms with E-state index in [-0.39, 0.29) is 13.1 Å². The number of alkyl halides is 1. The van der Waals surface area contributed by atoms with E-state index in [1.807, 2.05) is 0 Å². The lowest BCUT2D eigenvalue weighted by atomic mass is 9.98. The number of piperazine rings is 2. The summed E-state index contributed by atoms with van der Waals surface area (Å²) in [5.41, 5.74) is 7.07. The molecule has 0 radical (unpaired) electrons. The third kappa shape index (κ3) is 5.31. The predicted octanol–water partition coefficient (Wildman–Crippen LogP) is -0.0239. The van der Waals surface area contributed by atoms with E-state index in [1.165, 1.54) is 0 Å². The summed E-state index contributed by atoms with van der Waals surface area (Å²) in [7, 11) is 3.79. The third-order valence-corrected chi connectivity index (χ3v) is 7.26. The number of fused-ring (bicyclic) bond motifs is 1. The Morgan fingerprint density at radius 3 is 2.76 bits per heavy atom. The lowest BCUT2D eigenvalue weighted by Gasteiger charge is -2.47. The van der Waals surface area contributed by atoms with Crippen molar-refractivity contribution in [1.82, 2.24) is 25.0 Å². The second-order valence-electron chi connectivity index (χ2n) is 9.42. The number of nitrogens with two attached hydrogens (primary N) is 1. The van der Waals surface area contributed by atoms with Crippen molar-refractivity contribution in [2.24, 2.45) is 16.8 Å². The topological polar surface area (TPSA) is 122 Å². The van der Waals surface area contributed by atoms with Gasteiger partial charge in [-0.15, -0.1) is 4.91 Å². The third-order valence-electron chi connectivity index (χ3n) is 6.98. The molecule has 5 unspecified atom stereocenters. The smallest absolute Gasteiger partial charge is 0.234 e. The Morgan fingerprint density at radius 1 is 1.26 bits per heavy atom. The molecule has 4 heterocycles. The first-order valence-corrected chi connectivity index (χ1v) is 11.9. The van der Waals surface area contributed by atoms with Crippen LogP contribution in [0.5, 0.6) is 0 Å². The van der Waals surface area contributed by atoms with Gasteiger partial charge in [0.2, 0.25) is 5.91 Å². The van der Waals surface area contributed by atoms with Gasteiger partial charge in [-0.2, -0.15) is 0 Å². The number of nitrogens with one attached hydrogen (secondary N) is 2. The molecular weight excluding hydrogens is 465 g/mol. The number of nitrogens with zero attached hydrogens (tertiary/aromatic N) is 6. The van der Waals surface area contributed by atoms with Gasteiger partial charge in [0.1, 0.15) is 12.1 Å². The van der Waals surface area contributed by atoms with Gasteiger partial charge in [-0.25, -0.2) is 4.39 Å². The van der Waals surface area contributed by atoms with E-state index in [2.05, 4.69) is 42.5 Å². The SMILES string of the molecule is CN1CCN2CCN(c3c(Cl)cncc3NC(=O)C(C(N)N=O)C3NCC(F)CN3C)CC2C1. The number of rotatable bonds is 6. The summed E-state index contributed by atoms with van der Waals surface area (Å²) >= 11 is 6.57. The second-order valence-corrected chi connectivity index (χ2v) is 9.82. The number of carbonyl (C=O) groups excluding carboxylic acids is 1. The molecule has 188 valence electrons. The monoisotopic (exact) mass is 497 g/mol. The van der Waals surface area contributed by atoms with Crippen LogP contribution in [-0.2, 0) is 4.79 Å². The highest BCUT2D eigenvalue weighted by Crippen LogP contribution is 2.35. The fourth-order valence-electron chi connectivity index (χ4n) is 5.22. The summed E-state index contributed by atoms with van der Waals surface area (Å²) in [4.78, 5) is 37.5. The average molecular weight is 498 g/mol. The molecule has 0 bridgehead atoms. The van der Waals surface area contributed by atoms with Crippen LogP contribution in [-0.4, -0.2) is 117 Å². The number of hydrogen-bond donors (Lipinski definition) is 3. The van der Waals surface area contributed by atoms with Gasteiger partial charge in [-0.05, 0) is 14.1 Å². The van der Waals surface area contributed by atoms with Crippen molar-refractivity contribution in [3.8, 4) is 0 Å². The maximum Gasteiger partial charge on any atom is 0.234 e. The highest BCUT2D eigenvalue weighted by molar-refractivity contribution is 6.34. The van der Waals surface area contributed by atoms with Crippen LogP contribution in [0.4, 0.5) is 15.8 Å². The molecule has 4 rings (SSSR count). The first kappa shape index (κ1) is 25.1. The Hall–Kier alpha value is -1.96. The molecule has 3 fully saturated rings. The van der Waals surface area contributed by atoms with E-state index in [0.29, 0.717) is 22.4 Å². The largest absolute Gasteiger partial charge is 0.366 e. The maximum atomic E-state index is 13.8. The zero-order valence-corrected chi connectivity index (χ0v) is 20.3. The molecule has 5 atom stereocenters. The molecule has 1 aromatic rings. The number of nitroso groups, excluding NO2 is 1. The molecule has 1 amide bonds. The summed E-state index contributed by atoms with van der Waals surface area (Å²) < 4.78 is 13.8. The molecule has 0 aliphatic carbocycles. The number of anilines is 2. The van der Waals surface area contributed by atoms with Gasteiger partial charge in [-0.3, -0.25) is 24.9 Å². The van der Waals surface area contributed by atoms with Crippen molar-refractivity contribution in [3.05, 3.63) is 22.3 Å². The highest BCUT2D eigenvalue weighted by Gasteiger charge is 2.40. The molecule has 0 aromatic carbocycles. The summed E-state index contributed by atoms with van der Waals surface area (Å²) in [6.07, 6.45) is 0.0709. The van der Waals surface area contributed by atoms with E-state index >= 15 is 0 Å². The lowest BCUT2D eigenvalue weighted by molar-refractivity contribution is -0.124. The molecule has 11 nitrogen and oxygen atoms in total. The Bertz CT molecular complexity index is 896. The zero-order chi connectivity index (χ0) is 24.4. The number of hydrogen-bond acceptors (Lipinski definition) is 10. The number of pyridine rings is 1. The molecule has 34 heavy (non-hydrogen) atoms. The van der Waals surface area contributed by atoms with Crippen molar-refractivity contribution in [2.45, 2.75) is 24.5 Å². The van der Waals surface area contributed by atoms with Crippen molar-refractivity contribution in [3.63, 3.8) is 0 Å². The number of likely N-dealkylation sites (N-methyl/N-ethyl adjacent to an activating group) is 1. The molecule has 0 saturated carbocycles. The van der Waals surface area contributed by atoms with Crippen LogP contribution in [0.2, 0.25) is 5.02 Å². The lowest BCUT2D eigenvalue weighted by Crippen LogP contribution is -2.63. The van der Waals surface area contributed by atoms with Gasteiger partial charge in [0.25, 0.3) is 0 Å². The van der Waals surface area contributed by atoms with Crippen LogP contribution >= 0.6 is 11.6 Å². The minimum Gasteiger partial charge on any atom is -0.366 e. The number of carbonyl (C=O) groups is 1. The van der Waals surface area contributed by atoms with E-state index in [9.17, 15) is 14.1 Å². The maximum absolute atomic E-state index is 13.8. The fourth-order valence-corrected chi connectivity index (χ4v) is 5.50. The molecule has 3 saturated heterocycles. The molecule has 0 spiro atoms. The van der Waals surface area contributed by atoms with Gasteiger partial charge in [0, 0.05) is 64.6 Å². The normalized spacial score (nSPS) is 28.7. The van der Waals surface area contributed by atoms with Crippen molar-refractivity contribution < 1.29 is 9.18 Å². The van der Waals surface area contributed by atoms with Crippen molar-refractivity contribution in [2.75, 3.05) is 76.7 Å². The van der Waals surface area contributed by atoms with Crippen LogP contribution in [0.3, 0.4) is 0 Å². The highest BCUT2D eigenvalue weighted by atomic mass is 35.5. The number of aromatic nitrogens is 1. The molecule has 3 aliphatic rings. The summed E-state index contributed by atoms with van der Waals surface area (Å²) in [6.45, 7) is 5.64. The van der Waals surface area contributed by atoms with E-state index in [4.69, 9.17) is 17.3 Å². The average Bonchev–Trinajstić information content (AvgIpc) is 2.80. The Kier molecular flexibility index (Phi) is 7.95. The zero-order valence-electron chi connectivity index (χ0n) is 19.5. The van der Waals surface area contributed by atoms with Crippen LogP contribution in [0.1, 0.15) is 0 Å². The minimum absolute atomic E-state index is 0.0639. The van der Waals surface area contributed by atoms with E-state index in [1.54, 1.807) is 24.3 Å². The van der Waals surface area contributed by atoms with Crippen LogP contribution in [0, 0.1) is 10.8 Å². The Morgan fingerprint density at radius 2 is 2.03 bits per heavy atom. The van der Waals surface area contributed by atoms with Crippen LogP contribution < -0.4 is 21.3 Å². The summed E-state index contributed by atoms with van der Waals surface area (Å²) in [5, 5.41) is 9.19. The standard InChI is InChI=1S/C21H33ClFN9O2/c1-29-3-4-31-5-6-32(12-14(31)11-29)18-15(22)8-25-9-16(18)27-21(33)17(19(24)28-34)20-26-7-13(23)10-30(20)2/h8-9,13-14,17,19-20,26H,3-7,10-12,24H2,1-2H3,(H,27,33). The summed E-state index contributed by atoms with van der Waals surface area (Å²) in [5.74, 6) is -1.54.